The molecule has 0 spiro atoms. The number of aliphatic imine (C=N–C) groups is 1. The van der Waals surface area contributed by atoms with Crippen LogP contribution in [0.1, 0.15) is 26.3 Å². The number of benzene rings is 1. The zero-order valence-corrected chi connectivity index (χ0v) is 21.3. The van der Waals surface area contributed by atoms with Crippen molar-refractivity contribution in [2.75, 3.05) is 47.3 Å². The van der Waals surface area contributed by atoms with Gasteiger partial charge in [0.15, 0.2) is 5.96 Å². The van der Waals surface area contributed by atoms with E-state index < -0.39 is 10.0 Å². The number of likely N-dealkylation sites (N-methyl/N-ethyl adjacent to an activating group) is 2. The van der Waals surface area contributed by atoms with Crippen LogP contribution in [-0.4, -0.2) is 81.7 Å². The molecule has 10 heteroatoms. The van der Waals surface area contributed by atoms with Crippen LogP contribution in [0.3, 0.4) is 0 Å². The third-order valence-corrected chi connectivity index (χ3v) is 6.23. The molecule has 1 aromatic rings. The van der Waals surface area contributed by atoms with Crippen molar-refractivity contribution >= 4 is 45.9 Å². The molecule has 0 saturated heterocycles. The fourth-order valence-electron chi connectivity index (χ4n) is 2.67. The van der Waals surface area contributed by atoms with Gasteiger partial charge in [-0.05, 0) is 32.4 Å². The Labute approximate surface area is 192 Å². The minimum atomic E-state index is -3.56. The molecule has 0 unspecified atom stereocenters. The van der Waals surface area contributed by atoms with E-state index >= 15 is 0 Å². The molecular weight excluding hydrogens is 505 g/mol. The number of carbonyl (C=O) groups is 1. The number of hydrogen-bond acceptors (Lipinski definition) is 4. The van der Waals surface area contributed by atoms with Gasteiger partial charge in [-0.25, -0.2) is 17.7 Å². The van der Waals surface area contributed by atoms with Gasteiger partial charge in [0.1, 0.15) is 0 Å². The van der Waals surface area contributed by atoms with Crippen LogP contribution in [0.25, 0.3) is 0 Å². The summed E-state index contributed by atoms with van der Waals surface area (Å²) in [6.45, 7) is 8.19. The number of sulfonamides is 1. The Morgan fingerprint density at radius 1 is 1.07 bits per heavy atom. The molecule has 1 aromatic carbocycles. The molecule has 29 heavy (non-hydrogen) atoms. The Morgan fingerprint density at radius 3 is 2.17 bits per heavy atom. The lowest BCUT2D eigenvalue weighted by atomic mass is 10.2. The number of rotatable bonds is 9. The third kappa shape index (κ3) is 7.74. The second-order valence-electron chi connectivity index (χ2n) is 6.49. The standard InChI is InChI=1S/C19H33N5O3S.HI/c1-7-20-19(23(6)15-18(25)24(8-2)9-3)21-14-16-12-10-11-13-17(16)28(26,27)22(4)5;/h10-13H,7-9,14-15H2,1-6H3,(H,20,21);1H. The van der Waals surface area contributed by atoms with Crippen molar-refractivity contribution in [2.45, 2.75) is 32.2 Å². The normalized spacial score (nSPS) is 11.8. The maximum Gasteiger partial charge on any atom is 0.242 e. The average molecular weight is 539 g/mol. The minimum Gasteiger partial charge on any atom is -0.357 e. The largest absolute Gasteiger partial charge is 0.357 e. The Balaban J connectivity index is 0.00000784. The van der Waals surface area contributed by atoms with E-state index in [9.17, 15) is 13.2 Å². The summed E-state index contributed by atoms with van der Waals surface area (Å²) >= 11 is 0. The summed E-state index contributed by atoms with van der Waals surface area (Å²) in [6, 6.07) is 6.83. The molecule has 0 aromatic heterocycles. The van der Waals surface area contributed by atoms with Crippen LogP contribution < -0.4 is 5.32 Å². The summed E-state index contributed by atoms with van der Waals surface area (Å²) in [5.74, 6) is 0.578. The number of halogens is 1. The van der Waals surface area contributed by atoms with Gasteiger partial charge in [0, 0.05) is 40.8 Å². The van der Waals surface area contributed by atoms with E-state index in [1.165, 1.54) is 18.4 Å². The van der Waals surface area contributed by atoms with Crippen molar-refractivity contribution in [3.63, 3.8) is 0 Å². The van der Waals surface area contributed by atoms with Crippen LogP contribution in [0.2, 0.25) is 0 Å². The van der Waals surface area contributed by atoms with Crippen molar-refractivity contribution in [3.8, 4) is 0 Å². The molecule has 0 atom stereocenters. The SMILES string of the molecule is CCNC(=NCc1ccccc1S(=O)(=O)N(C)C)N(C)CC(=O)N(CC)CC.I. The molecule has 0 radical (unpaired) electrons. The van der Waals surface area contributed by atoms with Crippen LogP contribution in [-0.2, 0) is 21.4 Å². The lowest BCUT2D eigenvalue weighted by Crippen LogP contribution is -2.45. The predicted molar refractivity (Wildman–Crippen MR) is 128 cm³/mol. The molecule has 1 N–H and O–H groups in total. The Bertz CT molecular complexity index is 780. The van der Waals surface area contributed by atoms with Crippen LogP contribution in [0.4, 0.5) is 0 Å². The quantitative estimate of drug-likeness (QED) is 0.294. The van der Waals surface area contributed by atoms with Crippen molar-refractivity contribution in [2.24, 2.45) is 4.99 Å². The molecule has 8 nitrogen and oxygen atoms in total. The van der Waals surface area contributed by atoms with E-state index in [0.717, 1.165) is 0 Å². The van der Waals surface area contributed by atoms with Gasteiger partial charge >= 0.3 is 0 Å². The van der Waals surface area contributed by atoms with E-state index in [-0.39, 0.29) is 47.9 Å². The highest BCUT2D eigenvalue weighted by Gasteiger charge is 2.21. The highest BCUT2D eigenvalue weighted by Crippen LogP contribution is 2.19. The molecule has 0 saturated carbocycles. The third-order valence-electron chi connectivity index (χ3n) is 4.32. The van der Waals surface area contributed by atoms with Gasteiger partial charge in [-0.3, -0.25) is 4.79 Å². The summed E-state index contributed by atoms with van der Waals surface area (Å²) in [4.78, 5) is 20.7. The van der Waals surface area contributed by atoms with Crippen molar-refractivity contribution < 1.29 is 13.2 Å². The topological polar surface area (TPSA) is 85.3 Å². The number of carbonyl (C=O) groups excluding carboxylic acids is 1. The fourth-order valence-corrected chi connectivity index (χ4v) is 3.77. The lowest BCUT2D eigenvalue weighted by molar-refractivity contribution is -0.131. The first-order chi connectivity index (χ1) is 13.2. The predicted octanol–water partition coefficient (Wildman–Crippen LogP) is 1.82. The maximum absolute atomic E-state index is 12.5. The van der Waals surface area contributed by atoms with Crippen LogP contribution in [0.15, 0.2) is 34.2 Å². The van der Waals surface area contributed by atoms with Crippen molar-refractivity contribution in [1.82, 2.24) is 19.4 Å². The second-order valence-corrected chi connectivity index (χ2v) is 8.61. The Morgan fingerprint density at radius 2 is 1.66 bits per heavy atom. The summed E-state index contributed by atoms with van der Waals surface area (Å²) in [5, 5.41) is 3.16. The molecule has 1 rings (SSSR count). The van der Waals surface area contributed by atoms with E-state index in [1.54, 1.807) is 41.1 Å². The van der Waals surface area contributed by atoms with E-state index in [0.29, 0.717) is 31.2 Å². The molecule has 0 aliphatic heterocycles. The molecule has 1 amide bonds. The summed E-state index contributed by atoms with van der Waals surface area (Å²) in [6.07, 6.45) is 0. The Hall–Kier alpha value is -1.40. The number of amides is 1. The molecule has 166 valence electrons. The molecule has 0 fully saturated rings. The molecular formula is C19H34IN5O3S. The zero-order chi connectivity index (χ0) is 21.3. The monoisotopic (exact) mass is 539 g/mol. The van der Waals surface area contributed by atoms with Gasteiger partial charge in [-0.1, -0.05) is 18.2 Å². The smallest absolute Gasteiger partial charge is 0.242 e. The highest BCUT2D eigenvalue weighted by molar-refractivity contribution is 14.0. The molecule has 0 aliphatic rings. The summed E-state index contributed by atoms with van der Waals surface area (Å²) in [7, 11) is 1.25. The lowest BCUT2D eigenvalue weighted by Gasteiger charge is -2.25. The first kappa shape index (κ1) is 27.6. The number of nitrogens with zero attached hydrogens (tertiary/aromatic N) is 4. The molecule has 0 aliphatic carbocycles. The average Bonchev–Trinajstić information content (AvgIpc) is 2.66. The minimum absolute atomic E-state index is 0. The molecule has 0 heterocycles. The van der Waals surface area contributed by atoms with Gasteiger partial charge in [0.2, 0.25) is 15.9 Å². The van der Waals surface area contributed by atoms with Crippen molar-refractivity contribution in [3.05, 3.63) is 29.8 Å². The van der Waals surface area contributed by atoms with Crippen LogP contribution in [0, 0.1) is 0 Å². The number of hydrogen-bond donors (Lipinski definition) is 1. The number of guanidine groups is 1. The van der Waals surface area contributed by atoms with Gasteiger partial charge in [-0.15, -0.1) is 24.0 Å². The van der Waals surface area contributed by atoms with Crippen LogP contribution in [0.5, 0.6) is 0 Å². The first-order valence-corrected chi connectivity index (χ1v) is 10.9. The van der Waals surface area contributed by atoms with E-state index in [4.69, 9.17) is 0 Å². The first-order valence-electron chi connectivity index (χ1n) is 9.46. The van der Waals surface area contributed by atoms with Gasteiger partial charge in [-0.2, -0.15) is 0 Å². The zero-order valence-electron chi connectivity index (χ0n) is 18.2. The van der Waals surface area contributed by atoms with Gasteiger partial charge in [0.25, 0.3) is 0 Å². The van der Waals surface area contributed by atoms with Crippen molar-refractivity contribution in [1.29, 1.82) is 0 Å². The van der Waals surface area contributed by atoms with E-state index in [2.05, 4.69) is 10.3 Å². The van der Waals surface area contributed by atoms with E-state index in [1.807, 2.05) is 20.8 Å². The second kappa shape index (κ2) is 13.0. The molecule has 0 bridgehead atoms. The highest BCUT2D eigenvalue weighted by atomic mass is 127. The summed E-state index contributed by atoms with van der Waals surface area (Å²) in [5.41, 5.74) is 0.607. The maximum atomic E-state index is 12.5. The van der Waals surface area contributed by atoms with Crippen LogP contribution >= 0.6 is 24.0 Å². The summed E-state index contributed by atoms with van der Waals surface area (Å²) < 4.78 is 26.3. The Kier molecular flexibility index (Phi) is 12.4. The van der Waals surface area contributed by atoms with Gasteiger partial charge < -0.3 is 15.1 Å². The number of nitrogens with one attached hydrogen (secondary N) is 1. The van der Waals surface area contributed by atoms with Gasteiger partial charge in [0.05, 0.1) is 18.0 Å². The fraction of sp³-hybridized carbons (Fsp3) is 0.579.